The van der Waals surface area contributed by atoms with E-state index in [0.29, 0.717) is 37.2 Å². The quantitative estimate of drug-likeness (QED) is 0.251. The highest BCUT2D eigenvalue weighted by Crippen LogP contribution is 2.24. The summed E-state index contributed by atoms with van der Waals surface area (Å²) in [5, 5.41) is 12.6. The number of hydrogen-bond donors (Lipinski definition) is 2. The fourth-order valence-electron chi connectivity index (χ4n) is 5.00. The molecular formula is C29H33F6N7O4. The maximum absolute atomic E-state index is 14.7. The third-order valence-corrected chi connectivity index (χ3v) is 7.28. The van der Waals surface area contributed by atoms with Crippen LogP contribution in [0.4, 0.5) is 32.0 Å². The number of hydrogen-bond acceptors (Lipinski definition) is 7. The summed E-state index contributed by atoms with van der Waals surface area (Å²) in [6.07, 6.45) is -4.59. The van der Waals surface area contributed by atoms with Gasteiger partial charge in [0.05, 0.1) is 19.3 Å². The summed E-state index contributed by atoms with van der Waals surface area (Å²) in [7, 11) is 0. The maximum atomic E-state index is 14.7. The van der Waals surface area contributed by atoms with Gasteiger partial charge in [0.25, 0.3) is 17.9 Å². The molecule has 0 spiro atoms. The van der Waals surface area contributed by atoms with Gasteiger partial charge in [-0.15, -0.1) is 18.3 Å². The number of nitrogens with one attached hydrogen (secondary N) is 2. The number of carbonyl (C=O) groups excluding carboxylic acids is 2. The number of alkyl halides is 6. The number of carbonyl (C=O) groups is 2. The molecule has 1 atom stereocenters. The van der Waals surface area contributed by atoms with Crippen LogP contribution in [0.3, 0.4) is 0 Å². The Morgan fingerprint density at radius 1 is 1.07 bits per heavy atom. The molecule has 0 bridgehead atoms. The van der Waals surface area contributed by atoms with E-state index in [0.717, 1.165) is 16.8 Å². The number of nitrogens with zero attached hydrogens (tertiary/aromatic N) is 5. The first kappa shape index (κ1) is 34.5. The highest BCUT2D eigenvalue weighted by atomic mass is 19.4. The summed E-state index contributed by atoms with van der Waals surface area (Å²) < 4.78 is 83.3. The number of pyridine rings is 1. The van der Waals surface area contributed by atoms with Crippen LogP contribution in [0, 0.1) is 5.92 Å². The number of halogens is 6. The number of ether oxygens (including phenoxy) is 1. The van der Waals surface area contributed by atoms with Gasteiger partial charge in [-0.2, -0.15) is 0 Å². The minimum Gasteiger partial charge on any atom is -0.406 e. The number of aryl methyl sites for hydroxylation is 1. The molecule has 1 aliphatic rings. The summed E-state index contributed by atoms with van der Waals surface area (Å²) in [6, 6.07) is 7.86. The Hall–Kier alpha value is -4.41. The summed E-state index contributed by atoms with van der Waals surface area (Å²) in [5.41, 5.74) is 0.0785. The molecule has 4 rings (SSSR count). The number of piperidine rings is 1. The molecular weight excluding hydrogens is 624 g/mol. The molecule has 3 aromatic rings. The van der Waals surface area contributed by atoms with E-state index in [9.17, 15) is 40.7 Å². The summed E-state index contributed by atoms with van der Waals surface area (Å²) >= 11 is 0. The number of benzene rings is 1. The van der Waals surface area contributed by atoms with Gasteiger partial charge in [-0.05, 0) is 62.0 Å². The Labute approximate surface area is 259 Å². The number of aromatic nitrogens is 4. The maximum Gasteiger partial charge on any atom is 0.573 e. The van der Waals surface area contributed by atoms with E-state index >= 15 is 0 Å². The van der Waals surface area contributed by atoms with Crippen molar-refractivity contribution in [2.45, 2.75) is 64.3 Å². The third-order valence-electron chi connectivity index (χ3n) is 7.28. The molecule has 3 heterocycles. The van der Waals surface area contributed by atoms with Crippen molar-refractivity contribution in [3.63, 3.8) is 0 Å². The SMILES string of the molecule is O=C(CC1CCN(CC(F)F)CC1)Nc1ccn(CCC(F)Cn2cc(C(=O)NCc3cccc(OC(F)(F)F)c3)nn2)c(=O)c1. The van der Waals surface area contributed by atoms with Crippen molar-refractivity contribution in [3.8, 4) is 5.75 Å². The smallest absolute Gasteiger partial charge is 0.406 e. The molecule has 2 amide bonds. The van der Waals surface area contributed by atoms with Crippen LogP contribution in [-0.4, -0.2) is 74.9 Å². The molecule has 17 heteroatoms. The zero-order valence-corrected chi connectivity index (χ0v) is 24.6. The molecule has 1 saturated heterocycles. The van der Waals surface area contributed by atoms with Crippen molar-refractivity contribution in [2.24, 2.45) is 5.92 Å². The zero-order chi connectivity index (χ0) is 33.3. The average Bonchev–Trinajstić information content (AvgIpc) is 3.44. The van der Waals surface area contributed by atoms with E-state index in [2.05, 4.69) is 25.7 Å². The largest absolute Gasteiger partial charge is 0.573 e. The van der Waals surface area contributed by atoms with Crippen LogP contribution in [0.25, 0.3) is 0 Å². The lowest BCUT2D eigenvalue weighted by Crippen LogP contribution is -2.37. The van der Waals surface area contributed by atoms with Crippen LogP contribution in [0.1, 0.15) is 41.7 Å². The van der Waals surface area contributed by atoms with Gasteiger partial charge in [0.15, 0.2) is 5.69 Å². The van der Waals surface area contributed by atoms with Crippen LogP contribution in [0.5, 0.6) is 5.75 Å². The van der Waals surface area contributed by atoms with Crippen LogP contribution in [0.15, 0.2) is 53.6 Å². The minimum absolute atomic E-state index is 0.0323. The molecule has 1 aromatic carbocycles. The van der Waals surface area contributed by atoms with E-state index in [1.165, 1.54) is 41.2 Å². The van der Waals surface area contributed by atoms with Crippen LogP contribution in [0.2, 0.25) is 0 Å². The van der Waals surface area contributed by atoms with Gasteiger partial charge in [-0.1, -0.05) is 17.3 Å². The van der Waals surface area contributed by atoms with Crippen molar-refractivity contribution in [3.05, 3.63) is 70.4 Å². The van der Waals surface area contributed by atoms with E-state index in [-0.39, 0.29) is 56.5 Å². The van der Waals surface area contributed by atoms with Gasteiger partial charge in [-0.25, -0.2) is 17.9 Å². The molecule has 0 radical (unpaired) electrons. The predicted octanol–water partition coefficient (Wildman–Crippen LogP) is 4.00. The van der Waals surface area contributed by atoms with Gasteiger partial charge in [0, 0.05) is 37.5 Å². The predicted molar refractivity (Wildman–Crippen MR) is 153 cm³/mol. The molecule has 2 aromatic heterocycles. The van der Waals surface area contributed by atoms with Gasteiger partial charge in [-0.3, -0.25) is 19.3 Å². The average molecular weight is 658 g/mol. The first-order chi connectivity index (χ1) is 21.8. The topological polar surface area (TPSA) is 123 Å². The number of likely N-dealkylation sites (tertiary alicyclic amines) is 1. The molecule has 1 fully saturated rings. The molecule has 0 aliphatic carbocycles. The lowest BCUT2D eigenvalue weighted by molar-refractivity contribution is -0.274. The summed E-state index contributed by atoms with van der Waals surface area (Å²) in [4.78, 5) is 39.0. The Kier molecular flexibility index (Phi) is 11.8. The number of anilines is 1. The zero-order valence-electron chi connectivity index (χ0n) is 24.6. The lowest BCUT2D eigenvalue weighted by atomic mass is 9.93. The Morgan fingerprint density at radius 2 is 1.83 bits per heavy atom. The fourth-order valence-corrected chi connectivity index (χ4v) is 5.00. The molecule has 11 nitrogen and oxygen atoms in total. The summed E-state index contributed by atoms with van der Waals surface area (Å²) in [5.74, 6) is -1.31. The second kappa shape index (κ2) is 15.7. The highest BCUT2D eigenvalue weighted by molar-refractivity contribution is 5.92. The summed E-state index contributed by atoms with van der Waals surface area (Å²) in [6.45, 7) is 0.411. The Morgan fingerprint density at radius 3 is 2.52 bits per heavy atom. The second-order valence-electron chi connectivity index (χ2n) is 10.9. The first-order valence-electron chi connectivity index (χ1n) is 14.5. The lowest BCUT2D eigenvalue weighted by Gasteiger charge is -2.31. The molecule has 1 aliphatic heterocycles. The van der Waals surface area contributed by atoms with Crippen LogP contribution < -0.4 is 20.9 Å². The standard InChI is InChI=1S/C29H33F6N7O4/c30-21(16-42-17-24(38-39-42)28(45)36-15-20-2-1-3-23(12-20)46-29(33,34)35)6-10-41-11-7-22(14-27(41)44)37-26(43)13-19-4-8-40(9-5-19)18-25(31)32/h1-3,7,11-12,14,17,19,21,25H,4-6,8-10,13,15-16,18H2,(H,36,45)(H,37,43). The van der Waals surface area contributed by atoms with Crippen molar-refractivity contribution >= 4 is 17.5 Å². The minimum atomic E-state index is -4.85. The Balaban J connectivity index is 1.18. The molecule has 2 N–H and O–H groups in total. The molecule has 1 unspecified atom stereocenters. The van der Waals surface area contributed by atoms with Crippen molar-refractivity contribution in [1.29, 1.82) is 0 Å². The van der Waals surface area contributed by atoms with Crippen LogP contribution >= 0.6 is 0 Å². The molecule has 46 heavy (non-hydrogen) atoms. The van der Waals surface area contributed by atoms with Crippen molar-refractivity contribution < 1.29 is 40.7 Å². The van der Waals surface area contributed by atoms with Gasteiger partial charge < -0.3 is 19.9 Å². The van der Waals surface area contributed by atoms with Crippen molar-refractivity contribution in [1.82, 2.24) is 29.8 Å². The fraction of sp³-hybridized carbons (Fsp3) is 0.483. The molecule has 250 valence electrons. The number of amides is 2. The number of rotatable bonds is 14. The van der Waals surface area contributed by atoms with Crippen molar-refractivity contribution in [2.75, 3.05) is 25.0 Å². The van der Waals surface area contributed by atoms with Gasteiger partial charge in [0.1, 0.15) is 11.9 Å². The molecule has 0 saturated carbocycles. The Bertz CT molecular complexity index is 1520. The second-order valence-corrected chi connectivity index (χ2v) is 10.9. The van der Waals surface area contributed by atoms with Gasteiger partial charge >= 0.3 is 6.36 Å². The van der Waals surface area contributed by atoms with E-state index in [4.69, 9.17) is 0 Å². The monoisotopic (exact) mass is 657 g/mol. The normalized spacial score (nSPS) is 15.1. The van der Waals surface area contributed by atoms with Crippen LogP contribution in [-0.2, 0) is 24.4 Å². The first-order valence-corrected chi connectivity index (χ1v) is 14.5. The van der Waals surface area contributed by atoms with E-state index in [1.54, 1.807) is 4.90 Å². The highest BCUT2D eigenvalue weighted by Gasteiger charge is 2.31. The van der Waals surface area contributed by atoms with E-state index in [1.807, 2.05) is 0 Å². The third kappa shape index (κ3) is 11.2. The van der Waals surface area contributed by atoms with Gasteiger partial charge in [0.2, 0.25) is 5.91 Å². The van der Waals surface area contributed by atoms with E-state index < -0.39 is 36.2 Å².